The van der Waals surface area contributed by atoms with Crippen LogP contribution >= 0.6 is 0 Å². The van der Waals surface area contributed by atoms with Gasteiger partial charge >= 0.3 is 0 Å². The number of unbranched alkanes of at least 4 members (excludes halogenated alkanes) is 5. The molecule has 31 heavy (non-hydrogen) atoms. The van der Waals surface area contributed by atoms with Crippen LogP contribution in [0.4, 0.5) is 0 Å². The fourth-order valence-electron chi connectivity index (χ4n) is 4.59. The molecule has 2 fully saturated rings. The van der Waals surface area contributed by atoms with Gasteiger partial charge in [0.2, 0.25) is 0 Å². The molecule has 0 spiro atoms. The molecular weight excluding hydrogens is 380 g/mol. The summed E-state index contributed by atoms with van der Waals surface area (Å²) in [6.45, 7) is 24.3. The second-order valence-electron chi connectivity index (χ2n) is 9.63. The van der Waals surface area contributed by atoms with Crippen molar-refractivity contribution >= 4 is 0 Å². The normalized spacial score (nSPS) is 18.4. The fourth-order valence-corrected chi connectivity index (χ4v) is 4.59. The van der Waals surface area contributed by atoms with E-state index in [0.29, 0.717) is 0 Å². The second-order valence-corrected chi connectivity index (χ2v) is 9.63. The molecular formula is C27H54N4. The van der Waals surface area contributed by atoms with Gasteiger partial charge in [0, 0.05) is 57.7 Å². The topological polar surface area (TPSA) is 13.0 Å². The zero-order valence-electron chi connectivity index (χ0n) is 21.8. The largest absolute Gasteiger partial charge is 0.379 e. The molecule has 2 aliphatic rings. The van der Waals surface area contributed by atoms with Crippen molar-refractivity contribution in [3.63, 3.8) is 0 Å². The number of hydrogen-bond acceptors (Lipinski definition) is 4. The van der Waals surface area contributed by atoms with Crippen molar-refractivity contribution < 1.29 is 0 Å². The SMILES string of the molecule is C=C(C)N(C)CCCCCCCCC(=C)N1CCN(CC2CCN(C)CC2)CC1.CC. The van der Waals surface area contributed by atoms with Gasteiger partial charge in [-0.15, -0.1) is 0 Å². The van der Waals surface area contributed by atoms with E-state index in [1.807, 2.05) is 13.8 Å². The van der Waals surface area contributed by atoms with Gasteiger partial charge in [0.15, 0.2) is 0 Å². The van der Waals surface area contributed by atoms with Crippen LogP contribution in [0.2, 0.25) is 0 Å². The van der Waals surface area contributed by atoms with Crippen molar-refractivity contribution in [3.8, 4) is 0 Å². The summed E-state index contributed by atoms with van der Waals surface area (Å²) in [4.78, 5) is 9.99. The molecule has 0 unspecified atom stereocenters. The molecule has 0 bridgehead atoms. The van der Waals surface area contributed by atoms with Crippen molar-refractivity contribution in [2.45, 2.75) is 78.6 Å². The van der Waals surface area contributed by atoms with Gasteiger partial charge in [-0.3, -0.25) is 4.90 Å². The van der Waals surface area contributed by atoms with E-state index in [1.165, 1.54) is 115 Å². The number of rotatable bonds is 13. The number of piperidine rings is 1. The molecule has 2 saturated heterocycles. The minimum Gasteiger partial charge on any atom is -0.379 e. The maximum atomic E-state index is 4.40. The average molecular weight is 435 g/mol. The van der Waals surface area contributed by atoms with Crippen LogP contribution in [-0.4, -0.2) is 86.1 Å². The molecule has 0 saturated carbocycles. The zero-order valence-corrected chi connectivity index (χ0v) is 21.8. The third kappa shape index (κ3) is 12.0. The van der Waals surface area contributed by atoms with Gasteiger partial charge in [0.1, 0.15) is 0 Å². The molecule has 0 N–H and O–H groups in total. The van der Waals surface area contributed by atoms with Gasteiger partial charge in [-0.1, -0.05) is 52.7 Å². The Morgan fingerprint density at radius 2 is 1.39 bits per heavy atom. The highest BCUT2D eigenvalue weighted by atomic mass is 15.3. The van der Waals surface area contributed by atoms with Gasteiger partial charge in [-0.05, 0) is 65.1 Å². The van der Waals surface area contributed by atoms with Gasteiger partial charge in [-0.25, -0.2) is 0 Å². The lowest BCUT2D eigenvalue weighted by Crippen LogP contribution is -2.48. The molecule has 0 aliphatic carbocycles. The Bertz CT molecular complexity index is 474. The van der Waals surface area contributed by atoms with Crippen LogP contribution < -0.4 is 0 Å². The van der Waals surface area contributed by atoms with Gasteiger partial charge in [-0.2, -0.15) is 0 Å². The summed E-state index contributed by atoms with van der Waals surface area (Å²) in [6.07, 6.45) is 12.0. The lowest BCUT2D eigenvalue weighted by Gasteiger charge is -2.39. The van der Waals surface area contributed by atoms with E-state index in [4.69, 9.17) is 0 Å². The lowest BCUT2D eigenvalue weighted by molar-refractivity contribution is 0.114. The highest BCUT2D eigenvalue weighted by molar-refractivity contribution is 4.96. The van der Waals surface area contributed by atoms with Crippen molar-refractivity contribution in [2.24, 2.45) is 5.92 Å². The first-order valence-electron chi connectivity index (χ1n) is 13.2. The Labute approximate surface area is 195 Å². The molecule has 4 heteroatoms. The monoisotopic (exact) mass is 434 g/mol. The third-order valence-electron chi connectivity index (χ3n) is 7.03. The highest BCUT2D eigenvalue weighted by Gasteiger charge is 2.23. The minimum atomic E-state index is 0.919. The predicted octanol–water partition coefficient (Wildman–Crippen LogP) is 5.68. The number of hydrogen-bond donors (Lipinski definition) is 0. The number of allylic oxidation sites excluding steroid dienone is 2. The first kappa shape index (κ1) is 28.0. The second kappa shape index (κ2) is 16.6. The first-order chi connectivity index (χ1) is 15.0. The van der Waals surface area contributed by atoms with Crippen LogP contribution in [0, 0.1) is 5.92 Å². The van der Waals surface area contributed by atoms with E-state index < -0.39 is 0 Å². The molecule has 0 aromatic heterocycles. The van der Waals surface area contributed by atoms with Crippen LogP contribution in [0.25, 0.3) is 0 Å². The van der Waals surface area contributed by atoms with E-state index >= 15 is 0 Å². The zero-order chi connectivity index (χ0) is 23.1. The molecule has 182 valence electrons. The Kier molecular flexibility index (Phi) is 15.0. The standard InChI is InChI=1S/C25H48N4.C2H6/c1-23(2)27(5)15-11-9-7-6-8-10-12-24(3)29-20-18-28(19-21-29)22-25-13-16-26(4)17-14-25;1-2/h25H,1,3,6-22H2,2,4-5H3;1-2H3. The van der Waals surface area contributed by atoms with Crippen molar-refractivity contribution in [2.75, 3.05) is 66.5 Å². The van der Waals surface area contributed by atoms with E-state index in [2.05, 4.69) is 53.8 Å². The minimum absolute atomic E-state index is 0.919. The fraction of sp³-hybridized carbons (Fsp3) is 0.852. The third-order valence-corrected chi connectivity index (χ3v) is 7.03. The van der Waals surface area contributed by atoms with Gasteiger partial charge in [0.25, 0.3) is 0 Å². The average Bonchev–Trinajstić information content (AvgIpc) is 2.78. The summed E-state index contributed by atoms with van der Waals surface area (Å²) in [6, 6.07) is 0. The molecule has 0 aromatic rings. The lowest BCUT2D eigenvalue weighted by atomic mass is 9.96. The maximum Gasteiger partial charge on any atom is 0.0303 e. The molecule has 0 atom stereocenters. The molecule has 2 aliphatic heterocycles. The predicted molar refractivity (Wildman–Crippen MR) is 138 cm³/mol. The Morgan fingerprint density at radius 3 is 1.97 bits per heavy atom. The first-order valence-corrected chi connectivity index (χ1v) is 13.2. The van der Waals surface area contributed by atoms with Crippen LogP contribution in [0.3, 0.4) is 0 Å². The summed E-state index contributed by atoms with van der Waals surface area (Å²) in [7, 11) is 4.40. The van der Waals surface area contributed by atoms with Crippen LogP contribution in [0.5, 0.6) is 0 Å². The molecule has 0 aromatic carbocycles. The number of likely N-dealkylation sites (tertiary alicyclic amines) is 1. The summed E-state index contributed by atoms with van der Waals surface area (Å²) >= 11 is 0. The van der Waals surface area contributed by atoms with Crippen molar-refractivity contribution in [3.05, 3.63) is 24.6 Å². The summed E-state index contributed by atoms with van der Waals surface area (Å²) in [5, 5.41) is 0. The van der Waals surface area contributed by atoms with Crippen molar-refractivity contribution in [1.82, 2.24) is 19.6 Å². The summed E-state index contributed by atoms with van der Waals surface area (Å²) in [5.41, 5.74) is 2.55. The molecule has 0 radical (unpaired) electrons. The van der Waals surface area contributed by atoms with Crippen molar-refractivity contribution in [1.29, 1.82) is 0 Å². The molecule has 2 rings (SSSR count). The van der Waals surface area contributed by atoms with Gasteiger partial charge < -0.3 is 14.7 Å². The number of nitrogens with zero attached hydrogens (tertiary/aromatic N) is 4. The van der Waals surface area contributed by atoms with E-state index in [9.17, 15) is 0 Å². The Morgan fingerprint density at radius 1 is 0.839 bits per heavy atom. The highest BCUT2D eigenvalue weighted by Crippen LogP contribution is 2.20. The molecule has 4 nitrogen and oxygen atoms in total. The molecule has 0 amide bonds. The van der Waals surface area contributed by atoms with E-state index in [0.717, 1.165) is 12.5 Å². The smallest absolute Gasteiger partial charge is 0.0303 e. The Balaban J connectivity index is 0.00000233. The van der Waals surface area contributed by atoms with Crippen LogP contribution in [0.1, 0.15) is 78.6 Å². The Hall–Kier alpha value is -1.00. The van der Waals surface area contributed by atoms with Gasteiger partial charge in [0.05, 0.1) is 0 Å². The maximum absolute atomic E-state index is 4.40. The van der Waals surface area contributed by atoms with Crippen LogP contribution in [-0.2, 0) is 0 Å². The molecule has 2 heterocycles. The van der Waals surface area contributed by atoms with E-state index in [1.54, 1.807) is 0 Å². The van der Waals surface area contributed by atoms with E-state index in [-0.39, 0.29) is 0 Å². The summed E-state index contributed by atoms with van der Waals surface area (Å²) in [5.74, 6) is 0.919. The summed E-state index contributed by atoms with van der Waals surface area (Å²) < 4.78 is 0. The quantitative estimate of drug-likeness (QED) is 0.346. The van der Waals surface area contributed by atoms with Crippen LogP contribution in [0.15, 0.2) is 24.6 Å². The number of piperazine rings is 1.